The summed E-state index contributed by atoms with van der Waals surface area (Å²) in [5.41, 5.74) is 0.670. The average molecular weight is 233 g/mol. The Kier molecular flexibility index (Phi) is 3.67. The Hall–Kier alpha value is -1.51. The highest BCUT2D eigenvalue weighted by Crippen LogP contribution is 2.24. The molecule has 0 N–H and O–H groups in total. The van der Waals surface area contributed by atoms with E-state index in [2.05, 4.69) is 6.92 Å². The Morgan fingerprint density at radius 2 is 2.12 bits per heavy atom. The van der Waals surface area contributed by atoms with Gasteiger partial charge in [-0.25, -0.2) is 0 Å². The first-order chi connectivity index (χ1) is 8.24. The molecule has 0 aliphatic carbocycles. The van der Waals surface area contributed by atoms with Gasteiger partial charge in [-0.1, -0.05) is 12.1 Å². The first-order valence-electron chi connectivity index (χ1n) is 6.18. The molecular weight excluding hydrogens is 214 g/mol. The van der Waals surface area contributed by atoms with E-state index in [0.717, 1.165) is 19.4 Å². The number of piperidine rings is 1. The van der Waals surface area contributed by atoms with Crippen molar-refractivity contribution in [3.63, 3.8) is 0 Å². The number of amides is 1. The number of methoxy groups -OCH3 is 1. The Morgan fingerprint density at radius 1 is 1.35 bits per heavy atom. The van der Waals surface area contributed by atoms with Gasteiger partial charge < -0.3 is 9.64 Å². The SMILES string of the molecule is COc1ccccc1C(=O)N1CCCCC1C. The largest absolute Gasteiger partial charge is 0.496 e. The number of rotatable bonds is 2. The van der Waals surface area contributed by atoms with Gasteiger partial charge in [0.1, 0.15) is 5.75 Å². The number of likely N-dealkylation sites (tertiary alicyclic amines) is 1. The van der Waals surface area contributed by atoms with Gasteiger partial charge >= 0.3 is 0 Å². The predicted octanol–water partition coefficient (Wildman–Crippen LogP) is 2.71. The first kappa shape index (κ1) is 12.0. The minimum absolute atomic E-state index is 0.0923. The lowest BCUT2D eigenvalue weighted by Crippen LogP contribution is -2.42. The molecule has 0 aromatic heterocycles. The second-order valence-electron chi connectivity index (χ2n) is 4.54. The monoisotopic (exact) mass is 233 g/mol. The molecule has 1 fully saturated rings. The van der Waals surface area contributed by atoms with Gasteiger partial charge in [-0.05, 0) is 38.3 Å². The van der Waals surface area contributed by atoms with Crippen molar-refractivity contribution in [3.05, 3.63) is 29.8 Å². The van der Waals surface area contributed by atoms with E-state index in [4.69, 9.17) is 4.74 Å². The standard InChI is InChI=1S/C14H19NO2/c1-11-7-5-6-10-15(11)14(16)12-8-3-4-9-13(12)17-2/h3-4,8-9,11H,5-7,10H2,1-2H3. The van der Waals surface area contributed by atoms with Crippen LogP contribution >= 0.6 is 0 Å². The van der Waals surface area contributed by atoms with Crippen molar-refractivity contribution in [2.45, 2.75) is 32.2 Å². The highest BCUT2D eigenvalue weighted by Gasteiger charge is 2.25. The Labute approximate surface area is 102 Å². The number of carbonyl (C=O) groups excluding carboxylic acids is 1. The summed E-state index contributed by atoms with van der Waals surface area (Å²) < 4.78 is 5.25. The van der Waals surface area contributed by atoms with Crippen LogP contribution in [0.25, 0.3) is 0 Å². The number of ether oxygens (including phenoxy) is 1. The summed E-state index contributed by atoms with van der Waals surface area (Å²) in [6.07, 6.45) is 3.42. The van der Waals surface area contributed by atoms with Crippen LogP contribution in [0.2, 0.25) is 0 Å². The van der Waals surface area contributed by atoms with E-state index in [0.29, 0.717) is 17.4 Å². The van der Waals surface area contributed by atoms with E-state index in [9.17, 15) is 4.79 Å². The molecule has 1 amide bonds. The van der Waals surface area contributed by atoms with Gasteiger partial charge in [0.25, 0.3) is 5.91 Å². The van der Waals surface area contributed by atoms with Crippen molar-refractivity contribution < 1.29 is 9.53 Å². The molecule has 0 radical (unpaired) electrons. The number of benzene rings is 1. The molecule has 0 saturated carbocycles. The topological polar surface area (TPSA) is 29.5 Å². The van der Waals surface area contributed by atoms with E-state index >= 15 is 0 Å². The van der Waals surface area contributed by atoms with Crippen LogP contribution in [0.15, 0.2) is 24.3 Å². The molecule has 1 aromatic carbocycles. The van der Waals surface area contributed by atoms with Crippen LogP contribution in [0.3, 0.4) is 0 Å². The van der Waals surface area contributed by atoms with E-state index < -0.39 is 0 Å². The maximum absolute atomic E-state index is 12.4. The molecule has 1 aliphatic rings. The predicted molar refractivity (Wildman–Crippen MR) is 67.3 cm³/mol. The van der Waals surface area contributed by atoms with Gasteiger partial charge in [0.05, 0.1) is 12.7 Å². The molecule has 1 aromatic rings. The molecular formula is C14H19NO2. The third kappa shape index (κ3) is 2.43. The fourth-order valence-corrected chi connectivity index (χ4v) is 2.38. The van der Waals surface area contributed by atoms with Crippen LogP contribution in [-0.2, 0) is 0 Å². The molecule has 1 saturated heterocycles. The van der Waals surface area contributed by atoms with Crippen molar-refractivity contribution in [2.75, 3.05) is 13.7 Å². The summed E-state index contributed by atoms with van der Waals surface area (Å²) in [7, 11) is 1.60. The molecule has 0 bridgehead atoms. The van der Waals surface area contributed by atoms with Gasteiger partial charge in [0, 0.05) is 12.6 Å². The summed E-state index contributed by atoms with van der Waals surface area (Å²) in [6, 6.07) is 7.77. The third-order valence-corrected chi connectivity index (χ3v) is 3.40. The van der Waals surface area contributed by atoms with Crippen LogP contribution in [0.4, 0.5) is 0 Å². The summed E-state index contributed by atoms with van der Waals surface area (Å²) in [4.78, 5) is 14.4. The fourth-order valence-electron chi connectivity index (χ4n) is 2.38. The van der Waals surface area contributed by atoms with Crippen LogP contribution < -0.4 is 4.74 Å². The molecule has 3 heteroatoms. The quantitative estimate of drug-likeness (QED) is 0.786. The van der Waals surface area contributed by atoms with E-state index in [1.54, 1.807) is 7.11 Å². The Morgan fingerprint density at radius 3 is 2.82 bits per heavy atom. The molecule has 1 aliphatic heterocycles. The number of hydrogen-bond acceptors (Lipinski definition) is 2. The summed E-state index contributed by atoms with van der Waals surface area (Å²) in [5, 5.41) is 0. The molecule has 2 rings (SSSR count). The summed E-state index contributed by atoms with van der Waals surface area (Å²) in [6.45, 7) is 2.98. The van der Waals surface area contributed by atoms with E-state index in [1.165, 1.54) is 6.42 Å². The zero-order chi connectivity index (χ0) is 12.3. The van der Waals surface area contributed by atoms with E-state index in [1.807, 2.05) is 29.2 Å². The normalized spacial score (nSPS) is 20.1. The lowest BCUT2D eigenvalue weighted by Gasteiger charge is -2.33. The molecule has 1 atom stereocenters. The number of hydrogen-bond donors (Lipinski definition) is 0. The number of para-hydroxylation sites is 1. The van der Waals surface area contributed by atoms with Gasteiger partial charge in [-0.15, -0.1) is 0 Å². The molecule has 0 spiro atoms. The fraction of sp³-hybridized carbons (Fsp3) is 0.500. The van der Waals surface area contributed by atoms with Crippen LogP contribution in [-0.4, -0.2) is 30.5 Å². The van der Waals surface area contributed by atoms with Gasteiger partial charge in [-0.2, -0.15) is 0 Å². The highest BCUT2D eigenvalue weighted by atomic mass is 16.5. The third-order valence-electron chi connectivity index (χ3n) is 3.40. The average Bonchev–Trinajstić information content (AvgIpc) is 2.38. The highest BCUT2D eigenvalue weighted by molar-refractivity contribution is 5.97. The molecule has 1 heterocycles. The minimum atomic E-state index is 0.0923. The Balaban J connectivity index is 2.23. The molecule has 92 valence electrons. The van der Waals surface area contributed by atoms with Crippen LogP contribution in [0.5, 0.6) is 5.75 Å². The summed E-state index contributed by atoms with van der Waals surface area (Å²) >= 11 is 0. The second-order valence-corrected chi connectivity index (χ2v) is 4.54. The van der Waals surface area contributed by atoms with E-state index in [-0.39, 0.29) is 5.91 Å². The lowest BCUT2D eigenvalue weighted by molar-refractivity contribution is 0.0632. The maximum atomic E-state index is 12.4. The molecule has 1 unspecified atom stereocenters. The van der Waals surface area contributed by atoms with Crippen LogP contribution in [0.1, 0.15) is 36.5 Å². The van der Waals surface area contributed by atoms with Crippen molar-refractivity contribution in [2.24, 2.45) is 0 Å². The Bertz CT molecular complexity index is 403. The zero-order valence-electron chi connectivity index (χ0n) is 10.5. The first-order valence-corrected chi connectivity index (χ1v) is 6.18. The molecule has 3 nitrogen and oxygen atoms in total. The van der Waals surface area contributed by atoms with Crippen molar-refractivity contribution >= 4 is 5.91 Å². The minimum Gasteiger partial charge on any atom is -0.496 e. The van der Waals surface area contributed by atoms with Crippen LogP contribution in [0, 0.1) is 0 Å². The lowest BCUT2D eigenvalue weighted by atomic mass is 10.0. The number of carbonyl (C=O) groups is 1. The van der Waals surface area contributed by atoms with Crippen molar-refractivity contribution in [3.8, 4) is 5.75 Å². The smallest absolute Gasteiger partial charge is 0.257 e. The van der Waals surface area contributed by atoms with Crippen molar-refractivity contribution in [1.82, 2.24) is 4.90 Å². The second kappa shape index (κ2) is 5.21. The molecule has 17 heavy (non-hydrogen) atoms. The zero-order valence-corrected chi connectivity index (χ0v) is 10.5. The van der Waals surface area contributed by atoms with Gasteiger partial charge in [0.15, 0.2) is 0 Å². The maximum Gasteiger partial charge on any atom is 0.257 e. The number of nitrogens with zero attached hydrogens (tertiary/aromatic N) is 1. The van der Waals surface area contributed by atoms with Crippen molar-refractivity contribution in [1.29, 1.82) is 0 Å². The van der Waals surface area contributed by atoms with Gasteiger partial charge in [0.2, 0.25) is 0 Å². The van der Waals surface area contributed by atoms with Gasteiger partial charge in [-0.3, -0.25) is 4.79 Å². The summed E-state index contributed by atoms with van der Waals surface area (Å²) in [5.74, 6) is 0.755.